The fraction of sp³-hybridized carbons (Fsp3) is 0.909. The molecule has 0 aliphatic heterocycles. The summed E-state index contributed by atoms with van der Waals surface area (Å²) >= 11 is 0. The van der Waals surface area contributed by atoms with E-state index in [0.717, 1.165) is 25.7 Å². The Labute approximate surface area is 337 Å². The van der Waals surface area contributed by atoms with E-state index in [4.69, 9.17) is 29.4 Å². The largest absolute Gasteiger partial charge is 0.498 e. The number of phosphoric acid groups is 1. The molecule has 0 saturated carbocycles. The van der Waals surface area contributed by atoms with Gasteiger partial charge in [-0.1, -0.05) is 200 Å². The topological polar surface area (TPSA) is 155 Å². The lowest BCUT2D eigenvalue weighted by Gasteiger charge is -2.20. The number of allylic oxidation sites excluding steroid dienone is 1. The van der Waals surface area contributed by atoms with Crippen LogP contribution in [0.15, 0.2) is 12.3 Å². The van der Waals surface area contributed by atoms with Gasteiger partial charge in [-0.25, -0.2) is 4.57 Å². The number of hydrogen-bond acceptors (Lipinski definition) is 8. The summed E-state index contributed by atoms with van der Waals surface area (Å²) in [6, 6.07) is -1.48. The highest BCUT2D eigenvalue weighted by molar-refractivity contribution is 7.47. The number of esters is 1. The number of ether oxygens (including phenoxy) is 2. The lowest BCUT2D eigenvalue weighted by molar-refractivity contribution is -0.153. The standard InChI is InChI=1S/C44H86NO9P/c1-3-5-7-9-11-13-15-17-19-20-21-23-25-27-29-31-33-35-37-51-38-41(39-52-55(49,50)53-40-42(45)44(47)48)54-43(46)36-34-32-30-28-26-24-22-18-16-14-12-10-8-6-4-2/h35,37,41-42H,3-34,36,38-40,45H2,1-2H3,(H,47,48)(H,49,50)/b37-35-/t41-,42+/m1/s1. The van der Waals surface area contributed by atoms with Crippen LogP contribution in [0.25, 0.3) is 0 Å². The maximum atomic E-state index is 12.6. The second-order valence-corrected chi connectivity index (χ2v) is 17.1. The van der Waals surface area contributed by atoms with Gasteiger partial charge in [-0.3, -0.25) is 18.6 Å². The van der Waals surface area contributed by atoms with Crippen LogP contribution >= 0.6 is 7.82 Å². The summed E-state index contributed by atoms with van der Waals surface area (Å²) in [5.41, 5.74) is 5.35. The molecular weight excluding hydrogens is 717 g/mol. The van der Waals surface area contributed by atoms with E-state index in [1.54, 1.807) is 6.26 Å². The molecule has 0 aromatic rings. The summed E-state index contributed by atoms with van der Waals surface area (Å²) < 4.78 is 33.1. The molecule has 0 spiro atoms. The first-order chi connectivity index (χ1) is 26.7. The van der Waals surface area contributed by atoms with Crippen LogP contribution in [0.3, 0.4) is 0 Å². The second kappa shape index (κ2) is 40.7. The Hall–Kier alpha value is -1.45. The summed E-state index contributed by atoms with van der Waals surface area (Å²) in [6.45, 7) is 3.31. The first-order valence-electron chi connectivity index (χ1n) is 22.8. The lowest BCUT2D eigenvalue weighted by atomic mass is 10.0. The van der Waals surface area contributed by atoms with Crippen LogP contribution in [0.5, 0.6) is 0 Å². The van der Waals surface area contributed by atoms with Gasteiger partial charge in [0.15, 0.2) is 6.10 Å². The Morgan fingerprint density at radius 3 is 1.33 bits per heavy atom. The van der Waals surface area contributed by atoms with Crippen molar-refractivity contribution in [2.45, 2.75) is 238 Å². The molecule has 0 aliphatic rings. The van der Waals surface area contributed by atoms with Crippen LogP contribution < -0.4 is 5.73 Å². The maximum absolute atomic E-state index is 12.6. The number of nitrogens with two attached hydrogens (primary N) is 1. The zero-order chi connectivity index (χ0) is 40.5. The molecule has 0 fully saturated rings. The van der Waals surface area contributed by atoms with Crippen LogP contribution in [0.4, 0.5) is 0 Å². The van der Waals surface area contributed by atoms with Crippen molar-refractivity contribution in [1.82, 2.24) is 0 Å². The smallest absolute Gasteiger partial charge is 0.472 e. The van der Waals surface area contributed by atoms with Gasteiger partial charge < -0.3 is 25.2 Å². The average Bonchev–Trinajstić information content (AvgIpc) is 3.16. The highest BCUT2D eigenvalue weighted by Crippen LogP contribution is 2.43. The minimum atomic E-state index is -4.63. The fourth-order valence-electron chi connectivity index (χ4n) is 6.57. The molecule has 10 nitrogen and oxygen atoms in total. The molecule has 326 valence electrons. The van der Waals surface area contributed by atoms with Crippen molar-refractivity contribution >= 4 is 19.8 Å². The lowest BCUT2D eigenvalue weighted by Crippen LogP contribution is -2.34. The van der Waals surface area contributed by atoms with Crippen molar-refractivity contribution in [3.05, 3.63) is 12.3 Å². The van der Waals surface area contributed by atoms with Crippen LogP contribution in [0, 0.1) is 0 Å². The van der Waals surface area contributed by atoms with E-state index in [-0.39, 0.29) is 13.0 Å². The summed E-state index contributed by atoms with van der Waals surface area (Å²) in [6.07, 6.45) is 43.5. The van der Waals surface area contributed by atoms with Gasteiger partial charge in [0.2, 0.25) is 0 Å². The molecule has 0 aromatic carbocycles. The van der Waals surface area contributed by atoms with Crippen LogP contribution in [0.2, 0.25) is 0 Å². The third-order valence-corrected chi connectivity index (χ3v) is 11.1. The molecule has 4 N–H and O–H groups in total. The van der Waals surface area contributed by atoms with Crippen molar-refractivity contribution < 1.29 is 42.7 Å². The molecule has 0 saturated heterocycles. The molecule has 55 heavy (non-hydrogen) atoms. The van der Waals surface area contributed by atoms with Gasteiger partial charge >= 0.3 is 19.8 Å². The number of carbonyl (C=O) groups is 2. The molecule has 0 aliphatic carbocycles. The van der Waals surface area contributed by atoms with Gasteiger partial charge in [0.05, 0.1) is 19.5 Å². The molecule has 0 heterocycles. The van der Waals surface area contributed by atoms with Crippen molar-refractivity contribution in [1.29, 1.82) is 0 Å². The molecule has 11 heteroatoms. The van der Waals surface area contributed by atoms with Crippen molar-refractivity contribution in [2.75, 3.05) is 19.8 Å². The molecule has 0 aromatic heterocycles. The molecule has 0 radical (unpaired) electrons. The van der Waals surface area contributed by atoms with Gasteiger partial charge in [-0.05, 0) is 25.3 Å². The number of carboxylic acid groups (broad SMARTS) is 1. The number of rotatable bonds is 44. The van der Waals surface area contributed by atoms with Crippen molar-refractivity contribution in [3.8, 4) is 0 Å². The number of aliphatic carboxylic acids is 1. The minimum Gasteiger partial charge on any atom is -0.498 e. The SMILES string of the molecule is CCCCCCCCCCCCCCCCCC/C=C\OC[C@H](COP(=O)(O)OC[C@H](N)C(=O)O)OC(=O)CCCCCCCCCCCCCCCCC. The first kappa shape index (κ1) is 53.6. The van der Waals surface area contributed by atoms with Crippen LogP contribution in [-0.2, 0) is 32.7 Å². The summed E-state index contributed by atoms with van der Waals surface area (Å²) in [5, 5.41) is 8.89. The fourth-order valence-corrected chi connectivity index (χ4v) is 7.35. The number of hydrogen-bond donors (Lipinski definition) is 3. The highest BCUT2D eigenvalue weighted by atomic mass is 31.2. The Bertz CT molecular complexity index is 935. The predicted octanol–water partition coefficient (Wildman–Crippen LogP) is 12.9. The quantitative estimate of drug-likeness (QED) is 0.0235. The van der Waals surface area contributed by atoms with Gasteiger partial charge in [0, 0.05) is 6.42 Å². The average molecular weight is 804 g/mol. The van der Waals surface area contributed by atoms with E-state index in [1.165, 1.54) is 173 Å². The highest BCUT2D eigenvalue weighted by Gasteiger charge is 2.27. The van der Waals surface area contributed by atoms with E-state index < -0.39 is 45.1 Å². The molecule has 0 bridgehead atoms. The van der Waals surface area contributed by atoms with E-state index in [1.807, 2.05) is 6.08 Å². The van der Waals surface area contributed by atoms with Crippen molar-refractivity contribution in [2.24, 2.45) is 5.73 Å². The van der Waals surface area contributed by atoms with Gasteiger partial charge in [0.1, 0.15) is 12.6 Å². The predicted molar refractivity (Wildman–Crippen MR) is 226 cm³/mol. The molecule has 0 rings (SSSR count). The summed E-state index contributed by atoms with van der Waals surface area (Å²) in [7, 11) is -4.63. The maximum Gasteiger partial charge on any atom is 0.472 e. The van der Waals surface area contributed by atoms with Gasteiger partial charge in [-0.15, -0.1) is 0 Å². The van der Waals surface area contributed by atoms with Crippen LogP contribution in [0.1, 0.15) is 226 Å². The van der Waals surface area contributed by atoms with Crippen LogP contribution in [-0.4, -0.2) is 53.9 Å². The molecule has 0 amide bonds. The Morgan fingerprint density at radius 2 is 0.927 bits per heavy atom. The van der Waals surface area contributed by atoms with E-state index in [2.05, 4.69) is 13.8 Å². The van der Waals surface area contributed by atoms with E-state index in [9.17, 15) is 19.0 Å². The first-order valence-corrected chi connectivity index (χ1v) is 24.3. The number of carbonyl (C=O) groups excluding carboxylic acids is 1. The zero-order valence-corrected chi connectivity index (χ0v) is 36.4. The number of phosphoric ester groups is 1. The third kappa shape index (κ3) is 40.5. The number of carboxylic acids is 1. The normalized spacial score (nSPS) is 13.9. The second-order valence-electron chi connectivity index (χ2n) is 15.6. The minimum absolute atomic E-state index is 0.0608. The Kier molecular flexibility index (Phi) is 39.7. The van der Waals surface area contributed by atoms with E-state index >= 15 is 0 Å². The molecule has 1 unspecified atom stereocenters. The zero-order valence-electron chi connectivity index (χ0n) is 35.5. The van der Waals surface area contributed by atoms with Gasteiger partial charge in [0.25, 0.3) is 0 Å². The van der Waals surface area contributed by atoms with Crippen molar-refractivity contribution in [3.63, 3.8) is 0 Å². The molecular formula is C44H86NO9P. The Morgan fingerprint density at radius 1 is 0.564 bits per heavy atom. The monoisotopic (exact) mass is 804 g/mol. The Balaban J connectivity index is 4.22. The van der Waals surface area contributed by atoms with E-state index in [0.29, 0.717) is 6.42 Å². The van der Waals surface area contributed by atoms with Gasteiger partial charge in [-0.2, -0.15) is 0 Å². The summed E-state index contributed by atoms with van der Waals surface area (Å²) in [5.74, 6) is -1.80. The molecule has 3 atom stereocenters. The number of unbranched alkanes of at least 4 members (excludes halogenated alkanes) is 30. The third-order valence-electron chi connectivity index (χ3n) is 10.1. The summed E-state index contributed by atoms with van der Waals surface area (Å²) in [4.78, 5) is 33.5.